The molecule has 0 unspecified atom stereocenters. The number of aromatic nitrogens is 2. The average molecular weight is 374 g/mol. The maximum absolute atomic E-state index is 13.1. The molecule has 1 aromatic heterocycles. The van der Waals surface area contributed by atoms with Crippen molar-refractivity contribution in [1.29, 1.82) is 0 Å². The van der Waals surface area contributed by atoms with Gasteiger partial charge in [-0.05, 0) is 30.3 Å². The molecule has 138 valence electrons. The van der Waals surface area contributed by atoms with Gasteiger partial charge in [-0.3, -0.25) is 0 Å². The Kier molecular flexibility index (Phi) is 4.19. The monoisotopic (exact) mass is 374 g/mol. The van der Waals surface area contributed by atoms with Gasteiger partial charge in [0.25, 0.3) is 0 Å². The van der Waals surface area contributed by atoms with Crippen molar-refractivity contribution in [3.8, 4) is 11.5 Å². The van der Waals surface area contributed by atoms with Crippen LogP contribution in [0, 0.1) is 0 Å². The number of halogens is 3. The molecule has 0 aliphatic carbocycles. The summed E-state index contributed by atoms with van der Waals surface area (Å²) in [5.41, 5.74) is -0.196. The molecule has 0 saturated carbocycles. The van der Waals surface area contributed by atoms with Crippen LogP contribution in [-0.4, -0.2) is 16.8 Å². The van der Waals surface area contributed by atoms with E-state index < -0.39 is 11.7 Å². The molecule has 2 N–H and O–H groups in total. The molecular weight excluding hydrogens is 361 g/mol. The fraction of sp³-hybridized carbons (Fsp3) is 0.111. The van der Waals surface area contributed by atoms with Crippen molar-refractivity contribution in [3.05, 3.63) is 60.3 Å². The normalized spacial score (nSPS) is 12.7. The lowest BCUT2D eigenvalue weighted by molar-refractivity contribution is -0.136. The van der Waals surface area contributed by atoms with E-state index in [4.69, 9.17) is 9.47 Å². The van der Waals surface area contributed by atoms with Gasteiger partial charge in [-0.1, -0.05) is 12.1 Å². The Morgan fingerprint density at radius 3 is 2.59 bits per heavy atom. The van der Waals surface area contributed by atoms with Crippen molar-refractivity contribution in [2.75, 3.05) is 17.4 Å². The van der Waals surface area contributed by atoms with E-state index in [1.807, 2.05) is 0 Å². The number of rotatable bonds is 4. The summed E-state index contributed by atoms with van der Waals surface area (Å²) in [6.45, 7) is 0.160. The Labute approximate surface area is 152 Å². The molecule has 4 rings (SSSR count). The number of hydrogen-bond donors (Lipinski definition) is 2. The molecule has 1 aliphatic rings. The summed E-state index contributed by atoms with van der Waals surface area (Å²) in [7, 11) is 0. The largest absolute Gasteiger partial charge is 0.454 e. The fourth-order valence-electron chi connectivity index (χ4n) is 2.57. The average Bonchev–Trinajstić information content (AvgIpc) is 3.09. The summed E-state index contributed by atoms with van der Waals surface area (Å²) in [6, 6.07) is 11.9. The maximum atomic E-state index is 13.1. The zero-order valence-corrected chi connectivity index (χ0v) is 13.7. The van der Waals surface area contributed by atoms with Crippen molar-refractivity contribution in [1.82, 2.24) is 9.97 Å². The summed E-state index contributed by atoms with van der Waals surface area (Å²) in [4.78, 5) is 8.29. The van der Waals surface area contributed by atoms with Gasteiger partial charge < -0.3 is 20.1 Å². The van der Waals surface area contributed by atoms with Gasteiger partial charge in [-0.25, -0.2) is 4.98 Å². The van der Waals surface area contributed by atoms with E-state index in [1.54, 1.807) is 18.2 Å². The molecule has 2 heterocycles. The van der Waals surface area contributed by atoms with Crippen molar-refractivity contribution in [3.63, 3.8) is 0 Å². The lowest BCUT2D eigenvalue weighted by atomic mass is 10.1. The van der Waals surface area contributed by atoms with Crippen LogP contribution in [-0.2, 0) is 6.18 Å². The van der Waals surface area contributed by atoms with Crippen LogP contribution in [0.2, 0.25) is 0 Å². The second kappa shape index (κ2) is 6.67. The first-order chi connectivity index (χ1) is 13.0. The standard InChI is InChI=1S/C18H13F3N4O2/c19-18(20,21)12-3-1-2-4-13(12)24-16-7-8-22-17(25-16)23-11-5-6-14-15(9-11)27-10-26-14/h1-9H,10H2,(H2,22,23,24,25). The molecule has 0 bridgehead atoms. The number of nitrogens with zero attached hydrogens (tertiary/aromatic N) is 2. The SMILES string of the molecule is FC(F)(F)c1ccccc1Nc1ccnc(Nc2ccc3c(c2)OCO3)n1. The molecule has 0 atom stereocenters. The minimum Gasteiger partial charge on any atom is -0.454 e. The van der Waals surface area contributed by atoms with Crippen LogP contribution in [0.5, 0.6) is 11.5 Å². The first kappa shape index (κ1) is 17.0. The zero-order valence-electron chi connectivity index (χ0n) is 13.7. The topological polar surface area (TPSA) is 68.3 Å². The highest BCUT2D eigenvalue weighted by Crippen LogP contribution is 2.36. The number of anilines is 4. The van der Waals surface area contributed by atoms with Gasteiger partial charge in [0.2, 0.25) is 12.7 Å². The second-order valence-corrected chi connectivity index (χ2v) is 5.63. The van der Waals surface area contributed by atoms with E-state index in [-0.39, 0.29) is 24.2 Å². The van der Waals surface area contributed by atoms with E-state index in [9.17, 15) is 13.2 Å². The number of para-hydroxylation sites is 1. The summed E-state index contributed by atoms with van der Waals surface area (Å²) in [6.07, 6.45) is -3.02. The minimum absolute atomic E-state index is 0.0854. The highest BCUT2D eigenvalue weighted by molar-refractivity contribution is 5.64. The Morgan fingerprint density at radius 1 is 0.926 bits per heavy atom. The van der Waals surface area contributed by atoms with Crippen molar-refractivity contribution in [2.45, 2.75) is 6.18 Å². The molecule has 1 aliphatic heterocycles. The lowest BCUT2D eigenvalue weighted by Crippen LogP contribution is -2.09. The molecule has 0 fully saturated rings. The summed E-state index contributed by atoms with van der Waals surface area (Å²) in [5, 5.41) is 5.68. The lowest BCUT2D eigenvalue weighted by Gasteiger charge is -2.14. The second-order valence-electron chi connectivity index (χ2n) is 5.63. The molecule has 0 saturated heterocycles. The Bertz CT molecular complexity index is 979. The van der Waals surface area contributed by atoms with Gasteiger partial charge in [-0.2, -0.15) is 18.2 Å². The fourth-order valence-corrected chi connectivity index (χ4v) is 2.57. The summed E-state index contributed by atoms with van der Waals surface area (Å²) >= 11 is 0. The first-order valence-corrected chi connectivity index (χ1v) is 7.92. The van der Waals surface area contributed by atoms with Crippen LogP contribution >= 0.6 is 0 Å². The Morgan fingerprint density at radius 2 is 1.74 bits per heavy atom. The molecule has 0 amide bonds. The van der Waals surface area contributed by atoms with Gasteiger partial charge in [0.1, 0.15) is 5.82 Å². The quantitative estimate of drug-likeness (QED) is 0.689. The van der Waals surface area contributed by atoms with Crippen molar-refractivity contribution in [2.24, 2.45) is 0 Å². The van der Waals surface area contributed by atoms with Gasteiger partial charge in [0.05, 0.1) is 11.3 Å². The molecule has 0 radical (unpaired) electrons. The predicted molar refractivity (Wildman–Crippen MR) is 92.6 cm³/mol. The van der Waals surface area contributed by atoms with E-state index in [1.165, 1.54) is 30.5 Å². The van der Waals surface area contributed by atoms with Crippen LogP contribution in [0.1, 0.15) is 5.56 Å². The van der Waals surface area contributed by atoms with Crippen LogP contribution in [0.15, 0.2) is 54.7 Å². The number of hydrogen-bond acceptors (Lipinski definition) is 6. The van der Waals surface area contributed by atoms with Gasteiger partial charge >= 0.3 is 6.18 Å². The third kappa shape index (κ3) is 3.71. The molecule has 27 heavy (non-hydrogen) atoms. The van der Waals surface area contributed by atoms with E-state index in [0.29, 0.717) is 17.2 Å². The number of fused-ring (bicyclic) bond motifs is 1. The molecule has 0 spiro atoms. The summed E-state index contributed by atoms with van der Waals surface area (Å²) < 4.78 is 49.9. The number of ether oxygens (including phenoxy) is 2. The number of benzene rings is 2. The van der Waals surface area contributed by atoms with Gasteiger partial charge in [-0.15, -0.1) is 0 Å². The highest BCUT2D eigenvalue weighted by Gasteiger charge is 2.33. The third-order valence-electron chi connectivity index (χ3n) is 3.78. The predicted octanol–water partition coefficient (Wildman–Crippen LogP) is 4.71. The number of nitrogens with one attached hydrogen (secondary N) is 2. The van der Waals surface area contributed by atoms with E-state index >= 15 is 0 Å². The van der Waals surface area contributed by atoms with Crippen LogP contribution in [0.3, 0.4) is 0 Å². The minimum atomic E-state index is -4.47. The molecule has 2 aromatic carbocycles. The van der Waals surface area contributed by atoms with Crippen molar-refractivity contribution < 1.29 is 22.6 Å². The van der Waals surface area contributed by atoms with Gasteiger partial charge in [0, 0.05) is 18.0 Å². The van der Waals surface area contributed by atoms with Gasteiger partial charge in [0.15, 0.2) is 11.5 Å². The summed E-state index contributed by atoms with van der Waals surface area (Å²) in [5.74, 6) is 1.68. The molecular formula is C18H13F3N4O2. The number of alkyl halides is 3. The molecule has 3 aromatic rings. The van der Waals surface area contributed by atoms with Crippen LogP contribution < -0.4 is 20.1 Å². The first-order valence-electron chi connectivity index (χ1n) is 7.92. The Hall–Kier alpha value is -3.49. The van der Waals surface area contributed by atoms with Crippen LogP contribution in [0.4, 0.5) is 36.3 Å². The molecule has 6 nitrogen and oxygen atoms in total. The van der Waals surface area contributed by atoms with Crippen LogP contribution in [0.25, 0.3) is 0 Å². The van der Waals surface area contributed by atoms with E-state index in [2.05, 4.69) is 20.6 Å². The van der Waals surface area contributed by atoms with E-state index in [0.717, 1.165) is 6.07 Å². The smallest absolute Gasteiger partial charge is 0.418 e. The zero-order chi connectivity index (χ0) is 18.9. The molecule has 9 heteroatoms. The maximum Gasteiger partial charge on any atom is 0.418 e. The van der Waals surface area contributed by atoms with Crippen molar-refractivity contribution >= 4 is 23.1 Å². The third-order valence-corrected chi connectivity index (χ3v) is 3.78. The Balaban J connectivity index is 1.55. The highest BCUT2D eigenvalue weighted by atomic mass is 19.4.